The van der Waals surface area contributed by atoms with E-state index < -0.39 is 6.10 Å². The molecule has 0 aromatic heterocycles. The van der Waals surface area contributed by atoms with Crippen LogP contribution in [-0.2, 0) is 21.7 Å². The van der Waals surface area contributed by atoms with Gasteiger partial charge >= 0.3 is 21.7 Å². The van der Waals surface area contributed by atoms with Crippen LogP contribution in [0, 0.1) is 0 Å². The summed E-state index contributed by atoms with van der Waals surface area (Å²) in [6.07, 6.45) is 1.80. The smallest absolute Gasteiger partial charge is 1.00 e. The number of halogens is 2. The number of aliphatic hydroxyl groups is 1. The largest absolute Gasteiger partial charge is 2.00 e. The first-order valence-electron chi connectivity index (χ1n) is 7.56. The van der Waals surface area contributed by atoms with Gasteiger partial charge in [0.1, 0.15) is 0 Å². The Bertz CT molecular complexity index is 778. The summed E-state index contributed by atoms with van der Waals surface area (Å²) in [7, 11) is 0. The van der Waals surface area contributed by atoms with E-state index in [-0.39, 0.29) is 46.5 Å². The summed E-state index contributed by atoms with van der Waals surface area (Å²) in [6, 6.07) is 12.7. The Balaban J connectivity index is 0.00000176. The zero-order chi connectivity index (χ0) is 15.1. The van der Waals surface area contributed by atoms with E-state index in [4.69, 9.17) is 0 Å². The number of hydrogen-bond acceptors (Lipinski definition) is 1. The van der Waals surface area contributed by atoms with Crippen molar-refractivity contribution in [2.24, 2.45) is 0 Å². The minimum Gasteiger partial charge on any atom is -1.00 e. The van der Waals surface area contributed by atoms with E-state index in [0.717, 1.165) is 10.9 Å². The minimum absolute atomic E-state index is 0. The standard InChI is InChI=1S/C20H22O.2ClH.Ti/c1-12-11-13(2)19(14(12)3)18-10-9-16-7-5-6-8-17(16)20(18)15(4)21;;;/h5-11,15,19,21H,1-4H3;2*1H;/q;;;+2/p-2. The third kappa shape index (κ3) is 3.98. The Hall–Kier alpha value is -0.566. The molecule has 4 heteroatoms. The van der Waals surface area contributed by atoms with Gasteiger partial charge in [0.25, 0.3) is 0 Å². The van der Waals surface area contributed by atoms with Gasteiger partial charge in [0.2, 0.25) is 0 Å². The van der Waals surface area contributed by atoms with Crippen molar-refractivity contribution in [1.82, 2.24) is 0 Å². The fraction of sp³-hybridized carbons (Fsp3) is 0.300. The summed E-state index contributed by atoms with van der Waals surface area (Å²) in [6.45, 7) is 8.42. The minimum atomic E-state index is -0.465. The third-order valence-corrected chi connectivity index (χ3v) is 4.69. The maximum absolute atomic E-state index is 10.4. The van der Waals surface area contributed by atoms with Gasteiger partial charge in [-0.15, -0.1) is 0 Å². The molecule has 0 heterocycles. The van der Waals surface area contributed by atoms with E-state index >= 15 is 0 Å². The van der Waals surface area contributed by atoms with Crippen molar-refractivity contribution >= 4 is 10.8 Å². The fourth-order valence-electron chi connectivity index (χ4n) is 3.62. The van der Waals surface area contributed by atoms with Crippen LogP contribution in [0.3, 0.4) is 0 Å². The average molecular weight is 397 g/mol. The third-order valence-electron chi connectivity index (χ3n) is 4.69. The van der Waals surface area contributed by atoms with Crippen LogP contribution in [0.2, 0.25) is 0 Å². The van der Waals surface area contributed by atoms with Crippen LogP contribution >= 0.6 is 0 Å². The molecular formula is C20H22Cl2OTi. The Labute approximate surface area is 171 Å². The van der Waals surface area contributed by atoms with Crippen molar-refractivity contribution in [2.75, 3.05) is 0 Å². The zero-order valence-electron chi connectivity index (χ0n) is 14.4. The molecule has 0 spiro atoms. The predicted molar refractivity (Wildman–Crippen MR) is 89.5 cm³/mol. The second kappa shape index (κ2) is 9.22. The first kappa shape index (κ1) is 23.4. The normalized spacial score (nSPS) is 17.5. The second-order valence-corrected chi connectivity index (χ2v) is 6.15. The van der Waals surface area contributed by atoms with Crippen molar-refractivity contribution in [1.29, 1.82) is 0 Å². The average Bonchev–Trinajstić information content (AvgIpc) is 2.70. The molecule has 2 aromatic rings. The van der Waals surface area contributed by atoms with Crippen molar-refractivity contribution in [2.45, 2.75) is 39.7 Å². The number of fused-ring (bicyclic) bond motifs is 1. The van der Waals surface area contributed by atoms with E-state index in [1.807, 2.05) is 19.1 Å². The van der Waals surface area contributed by atoms with Crippen LogP contribution < -0.4 is 24.8 Å². The molecule has 0 fully saturated rings. The van der Waals surface area contributed by atoms with Crippen LogP contribution in [0.25, 0.3) is 10.8 Å². The topological polar surface area (TPSA) is 20.2 Å². The molecule has 0 amide bonds. The molecule has 0 saturated carbocycles. The van der Waals surface area contributed by atoms with Crippen molar-refractivity contribution in [3.8, 4) is 0 Å². The summed E-state index contributed by atoms with van der Waals surface area (Å²) < 4.78 is 0. The van der Waals surface area contributed by atoms with Gasteiger partial charge < -0.3 is 29.9 Å². The molecule has 2 atom stereocenters. The summed E-state index contributed by atoms with van der Waals surface area (Å²) in [4.78, 5) is 0. The summed E-state index contributed by atoms with van der Waals surface area (Å²) in [5.41, 5.74) is 6.42. The first-order valence-corrected chi connectivity index (χ1v) is 7.56. The van der Waals surface area contributed by atoms with Gasteiger partial charge in [-0.1, -0.05) is 59.2 Å². The molecule has 1 aliphatic rings. The van der Waals surface area contributed by atoms with Crippen molar-refractivity contribution in [3.05, 3.63) is 70.3 Å². The maximum atomic E-state index is 10.4. The molecular weight excluding hydrogens is 375 g/mol. The molecule has 1 N–H and O–H groups in total. The van der Waals surface area contributed by atoms with Gasteiger partial charge in [0, 0.05) is 5.92 Å². The van der Waals surface area contributed by atoms with Crippen LogP contribution in [-0.4, -0.2) is 5.11 Å². The van der Waals surface area contributed by atoms with Crippen LogP contribution in [0.1, 0.15) is 50.8 Å². The van der Waals surface area contributed by atoms with Crippen LogP contribution in [0.5, 0.6) is 0 Å². The van der Waals surface area contributed by atoms with Gasteiger partial charge in [0.05, 0.1) is 6.10 Å². The van der Waals surface area contributed by atoms with Gasteiger partial charge in [-0.05, 0) is 49.6 Å². The Morgan fingerprint density at radius 2 is 1.58 bits per heavy atom. The van der Waals surface area contributed by atoms with Crippen LogP contribution in [0.15, 0.2) is 59.2 Å². The van der Waals surface area contributed by atoms with Gasteiger partial charge in [-0.25, -0.2) is 0 Å². The van der Waals surface area contributed by atoms with E-state index in [0.29, 0.717) is 5.92 Å². The van der Waals surface area contributed by atoms with Gasteiger partial charge in [0.15, 0.2) is 0 Å². The number of hydrogen-bond donors (Lipinski definition) is 1. The van der Waals surface area contributed by atoms with Gasteiger partial charge in [-0.3, -0.25) is 0 Å². The molecule has 0 bridgehead atoms. The maximum Gasteiger partial charge on any atom is 2.00 e. The van der Waals surface area contributed by atoms with Crippen LogP contribution in [0.4, 0.5) is 0 Å². The molecule has 0 radical (unpaired) electrons. The monoisotopic (exact) mass is 396 g/mol. The first-order chi connectivity index (χ1) is 10.0. The quantitative estimate of drug-likeness (QED) is 0.664. The van der Waals surface area contributed by atoms with Crippen molar-refractivity contribution in [3.63, 3.8) is 0 Å². The summed E-state index contributed by atoms with van der Waals surface area (Å²) in [5, 5.41) is 12.7. The Kier molecular flexibility index (Phi) is 9.00. The Morgan fingerprint density at radius 3 is 2.12 bits per heavy atom. The van der Waals surface area contributed by atoms with E-state index in [9.17, 15) is 5.11 Å². The number of rotatable bonds is 2. The molecule has 0 saturated heterocycles. The molecule has 2 unspecified atom stereocenters. The predicted octanol–water partition coefficient (Wildman–Crippen LogP) is -0.721. The van der Waals surface area contributed by atoms with E-state index in [2.05, 4.69) is 51.1 Å². The molecule has 2 aromatic carbocycles. The van der Waals surface area contributed by atoms with E-state index in [1.54, 1.807) is 0 Å². The Morgan fingerprint density at radius 1 is 0.958 bits per heavy atom. The molecule has 24 heavy (non-hydrogen) atoms. The fourth-order valence-corrected chi connectivity index (χ4v) is 3.62. The number of benzene rings is 2. The van der Waals surface area contributed by atoms with Crippen molar-refractivity contribution < 1.29 is 51.6 Å². The number of aliphatic hydroxyl groups excluding tert-OH is 1. The molecule has 1 aliphatic carbocycles. The zero-order valence-corrected chi connectivity index (χ0v) is 17.5. The second-order valence-electron chi connectivity index (χ2n) is 6.15. The SMILES string of the molecule is CC1=CC(C)=C(C)C1c1ccc2ccccc2c1C(C)O.[Cl-].[Cl-].[Ti+2]. The molecule has 126 valence electrons. The molecule has 0 aliphatic heterocycles. The summed E-state index contributed by atoms with van der Waals surface area (Å²) in [5.74, 6) is 0.305. The summed E-state index contributed by atoms with van der Waals surface area (Å²) >= 11 is 0. The molecule has 3 rings (SSSR count). The van der Waals surface area contributed by atoms with Gasteiger partial charge in [-0.2, -0.15) is 0 Å². The van der Waals surface area contributed by atoms with E-state index in [1.165, 1.54) is 27.7 Å². The molecule has 1 nitrogen and oxygen atoms in total. The number of allylic oxidation sites excluding steroid dienone is 4.